The summed E-state index contributed by atoms with van der Waals surface area (Å²) in [6.45, 7) is 0.836. The predicted octanol–water partition coefficient (Wildman–Crippen LogP) is 4.40. The van der Waals surface area contributed by atoms with Gasteiger partial charge in [0.05, 0.1) is 13.2 Å². The van der Waals surface area contributed by atoms with Gasteiger partial charge in [-0.3, -0.25) is 4.79 Å². The van der Waals surface area contributed by atoms with Crippen molar-refractivity contribution < 1.29 is 35.1 Å². The van der Waals surface area contributed by atoms with Crippen LogP contribution in [0.4, 0.5) is 0 Å². The Balaban J connectivity index is 3.51. The number of unbranched alkanes of at least 4 members (excludes halogenated alkanes) is 17. The van der Waals surface area contributed by atoms with Gasteiger partial charge in [-0.25, -0.2) is 0 Å². The monoisotopic (exact) mass is 490 g/mol. The van der Waals surface area contributed by atoms with Crippen molar-refractivity contribution in [2.75, 3.05) is 13.2 Å². The van der Waals surface area contributed by atoms with Gasteiger partial charge in [0, 0.05) is 6.42 Å². The van der Waals surface area contributed by atoms with Crippen molar-refractivity contribution in [3.63, 3.8) is 0 Å². The molecule has 4 atom stereocenters. The third-order valence-electron chi connectivity index (χ3n) is 6.51. The Hall–Kier alpha value is -0.730. The lowest BCUT2D eigenvalue weighted by molar-refractivity contribution is -0.171. The number of aliphatic hydroxyl groups excluding tert-OH is 5. The lowest BCUT2D eigenvalue weighted by Gasteiger charge is -2.27. The summed E-state index contributed by atoms with van der Waals surface area (Å²) in [5.41, 5.74) is 0. The Morgan fingerprint density at radius 2 is 0.971 bits per heavy atom. The molecule has 0 unspecified atom stereocenters. The van der Waals surface area contributed by atoms with E-state index in [1.54, 1.807) is 0 Å². The second kappa shape index (κ2) is 24.0. The van der Waals surface area contributed by atoms with Gasteiger partial charge >= 0.3 is 5.97 Å². The molecule has 0 saturated heterocycles. The highest BCUT2D eigenvalue weighted by Gasteiger charge is 2.33. The first kappa shape index (κ1) is 33.3. The first-order chi connectivity index (χ1) is 16.5. The van der Waals surface area contributed by atoms with Crippen LogP contribution in [0, 0.1) is 0 Å². The molecular weight excluding hydrogens is 436 g/mol. The normalized spacial score (nSPS) is 15.1. The van der Waals surface area contributed by atoms with Crippen LogP contribution in [0.2, 0.25) is 0 Å². The standard InChI is InChI=1S/C27H54O7/c1-2-3-4-5-6-7-8-9-10-11-12-13-14-15-16-17-18-19-20-25(31)34-24(22-29)27(33)26(32)23(30)21-28/h23-24,26-30,32-33H,2-22H2,1H3/t23-,24-,26-,27-/m1/s1. The van der Waals surface area contributed by atoms with Crippen molar-refractivity contribution in [3.8, 4) is 0 Å². The Morgan fingerprint density at radius 3 is 1.32 bits per heavy atom. The Bertz CT molecular complexity index is 447. The molecule has 0 aliphatic heterocycles. The summed E-state index contributed by atoms with van der Waals surface area (Å²) < 4.78 is 5.02. The number of hydrogen-bond donors (Lipinski definition) is 5. The van der Waals surface area contributed by atoms with Gasteiger partial charge in [-0.1, -0.05) is 116 Å². The van der Waals surface area contributed by atoms with Gasteiger partial charge in [-0.05, 0) is 6.42 Å². The van der Waals surface area contributed by atoms with E-state index in [1.165, 1.54) is 89.9 Å². The van der Waals surface area contributed by atoms with Crippen LogP contribution in [0.3, 0.4) is 0 Å². The number of aliphatic hydroxyl groups is 5. The molecule has 7 nitrogen and oxygen atoms in total. The van der Waals surface area contributed by atoms with Crippen LogP contribution in [0.15, 0.2) is 0 Å². The highest BCUT2D eigenvalue weighted by molar-refractivity contribution is 5.69. The van der Waals surface area contributed by atoms with E-state index in [2.05, 4.69) is 6.92 Å². The zero-order valence-corrected chi connectivity index (χ0v) is 21.7. The molecule has 0 saturated carbocycles. The molecule has 34 heavy (non-hydrogen) atoms. The maximum atomic E-state index is 11.9. The van der Waals surface area contributed by atoms with Gasteiger partial charge in [-0.15, -0.1) is 0 Å². The zero-order chi connectivity index (χ0) is 25.4. The Labute approximate surface area is 207 Å². The lowest BCUT2D eigenvalue weighted by Crippen LogP contribution is -2.48. The fourth-order valence-electron chi connectivity index (χ4n) is 4.17. The minimum Gasteiger partial charge on any atom is -0.457 e. The van der Waals surface area contributed by atoms with Gasteiger partial charge < -0.3 is 30.3 Å². The summed E-state index contributed by atoms with van der Waals surface area (Å²) >= 11 is 0. The molecular formula is C27H54O7. The third-order valence-corrected chi connectivity index (χ3v) is 6.51. The molecule has 7 heteroatoms. The van der Waals surface area contributed by atoms with Crippen molar-refractivity contribution in [1.29, 1.82) is 0 Å². The van der Waals surface area contributed by atoms with Gasteiger partial charge in [0.15, 0.2) is 6.10 Å². The number of carbonyl (C=O) groups is 1. The zero-order valence-electron chi connectivity index (χ0n) is 21.7. The number of carbonyl (C=O) groups excluding carboxylic acids is 1. The van der Waals surface area contributed by atoms with Crippen LogP contribution in [-0.4, -0.2) is 69.1 Å². The molecule has 0 amide bonds. The minimum atomic E-state index is -1.71. The minimum absolute atomic E-state index is 0.181. The largest absolute Gasteiger partial charge is 0.457 e. The number of esters is 1. The van der Waals surface area contributed by atoms with Crippen molar-refractivity contribution >= 4 is 5.97 Å². The first-order valence-electron chi connectivity index (χ1n) is 13.9. The third kappa shape index (κ3) is 18.6. The molecule has 0 aliphatic carbocycles. The quantitative estimate of drug-likeness (QED) is 0.0948. The van der Waals surface area contributed by atoms with Crippen LogP contribution in [0.5, 0.6) is 0 Å². The van der Waals surface area contributed by atoms with E-state index in [9.17, 15) is 25.2 Å². The smallest absolute Gasteiger partial charge is 0.306 e. The van der Waals surface area contributed by atoms with E-state index < -0.39 is 43.6 Å². The Morgan fingerprint density at radius 1 is 0.588 bits per heavy atom. The van der Waals surface area contributed by atoms with Crippen LogP contribution in [0.1, 0.15) is 129 Å². The van der Waals surface area contributed by atoms with Gasteiger partial charge in [0.25, 0.3) is 0 Å². The molecule has 0 aromatic rings. The average molecular weight is 491 g/mol. The maximum absolute atomic E-state index is 11.9. The molecule has 5 N–H and O–H groups in total. The Kier molecular flexibility index (Phi) is 23.5. The molecule has 0 rings (SSSR count). The van der Waals surface area contributed by atoms with Crippen molar-refractivity contribution in [2.45, 2.75) is 153 Å². The molecule has 0 spiro atoms. The van der Waals surface area contributed by atoms with Crippen molar-refractivity contribution in [3.05, 3.63) is 0 Å². The topological polar surface area (TPSA) is 127 Å². The molecule has 0 aromatic carbocycles. The van der Waals surface area contributed by atoms with Gasteiger partial charge in [0.2, 0.25) is 0 Å². The highest BCUT2D eigenvalue weighted by Crippen LogP contribution is 2.15. The summed E-state index contributed by atoms with van der Waals surface area (Å²) in [5.74, 6) is -0.555. The average Bonchev–Trinajstić information content (AvgIpc) is 2.85. The summed E-state index contributed by atoms with van der Waals surface area (Å²) in [5, 5.41) is 47.0. The second-order valence-electron chi connectivity index (χ2n) is 9.70. The fourth-order valence-corrected chi connectivity index (χ4v) is 4.17. The lowest BCUT2D eigenvalue weighted by atomic mass is 10.0. The molecule has 0 aliphatic rings. The van der Waals surface area contributed by atoms with E-state index >= 15 is 0 Å². The van der Waals surface area contributed by atoms with Gasteiger partial charge in [0.1, 0.15) is 18.3 Å². The fraction of sp³-hybridized carbons (Fsp3) is 0.963. The summed E-state index contributed by atoms with van der Waals surface area (Å²) in [7, 11) is 0. The SMILES string of the molecule is CCCCCCCCCCCCCCCCCCCCC(=O)O[C@H](CO)[C@@H](O)[C@H](O)[C@H](O)CO. The van der Waals surface area contributed by atoms with Crippen LogP contribution in [0.25, 0.3) is 0 Å². The number of rotatable bonds is 25. The van der Waals surface area contributed by atoms with Crippen LogP contribution >= 0.6 is 0 Å². The summed E-state index contributed by atoms with van der Waals surface area (Å²) in [4.78, 5) is 11.9. The predicted molar refractivity (Wildman–Crippen MR) is 135 cm³/mol. The first-order valence-corrected chi connectivity index (χ1v) is 13.9. The summed E-state index contributed by atoms with van der Waals surface area (Å²) in [6.07, 6.45) is 16.7. The van der Waals surface area contributed by atoms with E-state index in [0.29, 0.717) is 6.42 Å². The molecule has 0 radical (unpaired) electrons. The van der Waals surface area contributed by atoms with E-state index in [-0.39, 0.29) is 6.42 Å². The van der Waals surface area contributed by atoms with E-state index in [0.717, 1.165) is 19.3 Å². The molecule has 0 fully saturated rings. The van der Waals surface area contributed by atoms with Crippen molar-refractivity contribution in [1.82, 2.24) is 0 Å². The maximum Gasteiger partial charge on any atom is 0.306 e. The molecule has 204 valence electrons. The molecule has 0 aromatic heterocycles. The molecule has 0 heterocycles. The van der Waals surface area contributed by atoms with E-state index in [1.807, 2.05) is 0 Å². The van der Waals surface area contributed by atoms with Crippen LogP contribution < -0.4 is 0 Å². The second-order valence-corrected chi connectivity index (χ2v) is 9.70. The number of ether oxygens (including phenoxy) is 1. The van der Waals surface area contributed by atoms with E-state index in [4.69, 9.17) is 9.84 Å². The van der Waals surface area contributed by atoms with Crippen molar-refractivity contribution in [2.24, 2.45) is 0 Å². The summed E-state index contributed by atoms with van der Waals surface area (Å²) in [6, 6.07) is 0. The number of hydrogen-bond acceptors (Lipinski definition) is 7. The molecule has 0 bridgehead atoms. The van der Waals surface area contributed by atoms with Crippen LogP contribution in [-0.2, 0) is 9.53 Å². The van der Waals surface area contributed by atoms with Gasteiger partial charge in [-0.2, -0.15) is 0 Å². The highest BCUT2D eigenvalue weighted by atomic mass is 16.6.